The molecule has 2 aliphatic carbocycles. The van der Waals surface area contributed by atoms with Gasteiger partial charge in [-0.3, -0.25) is 9.59 Å². The number of carbonyl (C=O) groups excluding carboxylic acids is 2. The number of aliphatic hydroxyl groups is 1. The number of hydrogen-bond acceptors (Lipinski definition) is 4. The highest BCUT2D eigenvalue weighted by molar-refractivity contribution is 5.92. The zero-order chi connectivity index (χ0) is 19.9. The monoisotopic (exact) mass is 362 g/mol. The largest absolute Gasteiger partial charge is 0.455 e. The summed E-state index contributed by atoms with van der Waals surface area (Å²) in [6.45, 7) is 15.6. The van der Waals surface area contributed by atoms with E-state index in [2.05, 4.69) is 27.4 Å². The molecule has 0 heterocycles. The molecule has 6 unspecified atom stereocenters. The van der Waals surface area contributed by atoms with Crippen LogP contribution in [0.3, 0.4) is 0 Å². The molecular formula is C22H34O4. The fraction of sp³-hybridized carbons (Fsp3) is 0.727. The van der Waals surface area contributed by atoms with Gasteiger partial charge in [0.2, 0.25) is 0 Å². The maximum absolute atomic E-state index is 12.3. The summed E-state index contributed by atoms with van der Waals surface area (Å²) < 4.78 is 5.49. The van der Waals surface area contributed by atoms with E-state index in [4.69, 9.17) is 4.74 Å². The highest BCUT2D eigenvalue weighted by Gasteiger charge is 2.57. The topological polar surface area (TPSA) is 63.6 Å². The first-order valence-corrected chi connectivity index (χ1v) is 9.61. The van der Waals surface area contributed by atoms with Crippen molar-refractivity contribution in [3.8, 4) is 0 Å². The minimum absolute atomic E-state index is 0.0608. The van der Waals surface area contributed by atoms with Gasteiger partial charge in [0, 0.05) is 13.3 Å². The minimum atomic E-state index is -0.739. The minimum Gasteiger partial charge on any atom is -0.455 e. The molecule has 146 valence electrons. The predicted octanol–water partition coefficient (Wildman–Crippen LogP) is 4.22. The second-order valence-corrected chi connectivity index (χ2v) is 9.14. The predicted molar refractivity (Wildman–Crippen MR) is 102 cm³/mol. The molecule has 0 aromatic heterocycles. The summed E-state index contributed by atoms with van der Waals surface area (Å²) in [4.78, 5) is 23.8. The molecule has 1 N–H and O–H groups in total. The van der Waals surface area contributed by atoms with Crippen LogP contribution in [0, 0.1) is 22.7 Å². The molecule has 6 atom stereocenters. The van der Waals surface area contributed by atoms with Gasteiger partial charge in [-0.15, -0.1) is 0 Å². The van der Waals surface area contributed by atoms with Crippen molar-refractivity contribution < 1.29 is 19.4 Å². The Kier molecular flexibility index (Phi) is 5.59. The maximum atomic E-state index is 12.3. The first-order valence-electron chi connectivity index (χ1n) is 9.61. The van der Waals surface area contributed by atoms with Crippen molar-refractivity contribution in [2.75, 3.05) is 0 Å². The van der Waals surface area contributed by atoms with Gasteiger partial charge in [0.1, 0.15) is 5.60 Å². The number of ether oxygens (including phenoxy) is 1. The molecule has 1 fully saturated rings. The molecule has 2 aliphatic rings. The first kappa shape index (κ1) is 20.9. The number of aliphatic hydroxyl groups excluding tert-OH is 1. The number of carbonyl (C=O) groups is 2. The van der Waals surface area contributed by atoms with Gasteiger partial charge >= 0.3 is 5.97 Å². The van der Waals surface area contributed by atoms with Gasteiger partial charge in [-0.2, -0.15) is 0 Å². The van der Waals surface area contributed by atoms with Crippen LogP contribution in [0.4, 0.5) is 0 Å². The van der Waals surface area contributed by atoms with Crippen LogP contribution in [0.1, 0.15) is 67.2 Å². The Bertz CT molecular complexity index is 636. The van der Waals surface area contributed by atoms with E-state index in [0.717, 1.165) is 12.0 Å². The van der Waals surface area contributed by atoms with Gasteiger partial charge in [0.15, 0.2) is 5.78 Å². The summed E-state index contributed by atoms with van der Waals surface area (Å²) in [6.07, 6.45) is 5.59. The van der Waals surface area contributed by atoms with E-state index in [9.17, 15) is 14.7 Å². The molecule has 0 bridgehead atoms. The molecular weight excluding hydrogens is 328 g/mol. The number of hydrogen-bond donors (Lipinski definition) is 1. The molecule has 26 heavy (non-hydrogen) atoms. The number of esters is 1. The lowest BCUT2D eigenvalue weighted by molar-refractivity contribution is -0.155. The molecule has 0 spiro atoms. The van der Waals surface area contributed by atoms with E-state index >= 15 is 0 Å². The molecule has 2 rings (SSSR count). The van der Waals surface area contributed by atoms with Crippen molar-refractivity contribution in [2.24, 2.45) is 22.7 Å². The Morgan fingerprint density at radius 3 is 2.65 bits per heavy atom. The normalized spacial score (nSPS) is 39.4. The summed E-state index contributed by atoms with van der Waals surface area (Å²) >= 11 is 0. The lowest BCUT2D eigenvalue weighted by Gasteiger charge is -2.59. The number of ketones is 1. The fourth-order valence-electron chi connectivity index (χ4n) is 5.24. The molecule has 0 radical (unpaired) electrons. The van der Waals surface area contributed by atoms with E-state index < -0.39 is 11.7 Å². The number of allylic oxidation sites excluding steroid dienone is 2. The second-order valence-electron chi connectivity index (χ2n) is 9.14. The summed E-state index contributed by atoms with van der Waals surface area (Å²) in [6, 6.07) is 0. The lowest BCUT2D eigenvalue weighted by atomic mass is 9.46. The average Bonchev–Trinajstić information content (AvgIpc) is 2.54. The summed E-state index contributed by atoms with van der Waals surface area (Å²) in [7, 11) is 0. The Morgan fingerprint density at radius 1 is 1.50 bits per heavy atom. The second kappa shape index (κ2) is 6.95. The van der Waals surface area contributed by atoms with Gasteiger partial charge in [-0.05, 0) is 67.9 Å². The zero-order valence-corrected chi connectivity index (χ0v) is 17.1. The lowest BCUT2D eigenvalue weighted by Crippen LogP contribution is -2.56. The van der Waals surface area contributed by atoms with Crippen molar-refractivity contribution in [3.05, 3.63) is 24.3 Å². The summed E-state index contributed by atoms with van der Waals surface area (Å²) in [5.74, 6) is 0.0694. The van der Waals surface area contributed by atoms with Crippen LogP contribution in [0.15, 0.2) is 24.3 Å². The van der Waals surface area contributed by atoms with Gasteiger partial charge < -0.3 is 9.84 Å². The highest BCUT2D eigenvalue weighted by Crippen LogP contribution is 2.61. The molecule has 0 aromatic carbocycles. The highest BCUT2D eigenvalue weighted by atomic mass is 16.6. The molecule has 1 saturated carbocycles. The zero-order valence-electron chi connectivity index (χ0n) is 17.1. The molecule has 4 nitrogen and oxygen atoms in total. The Morgan fingerprint density at radius 2 is 2.12 bits per heavy atom. The van der Waals surface area contributed by atoms with Crippen molar-refractivity contribution in [2.45, 2.75) is 78.9 Å². The van der Waals surface area contributed by atoms with Gasteiger partial charge in [-0.1, -0.05) is 32.9 Å². The molecule has 4 heteroatoms. The third kappa shape index (κ3) is 3.53. The van der Waals surface area contributed by atoms with Crippen LogP contribution in [-0.2, 0) is 14.3 Å². The van der Waals surface area contributed by atoms with Gasteiger partial charge in [0.05, 0.1) is 6.10 Å². The molecule has 0 amide bonds. The molecule has 0 aliphatic heterocycles. The molecule has 0 aromatic rings. The van der Waals surface area contributed by atoms with E-state index in [-0.39, 0.29) is 34.4 Å². The van der Waals surface area contributed by atoms with Crippen LogP contribution in [0.5, 0.6) is 0 Å². The van der Waals surface area contributed by atoms with Gasteiger partial charge in [-0.25, -0.2) is 0 Å². The number of rotatable bonds is 5. The summed E-state index contributed by atoms with van der Waals surface area (Å²) in [5, 5.41) is 10.8. The van der Waals surface area contributed by atoms with Crippen LogP contribution in [-0.4, -0.2) is 28.6 Å². The SMILES string of the molecule is C=CC(C)(CCC1(C)C(C)C(O)CC2(C)C(C)=CC(=O)CC21)OC(C)=O. The Labute approximate surface area is 157 Å². The molecule has 0 saturated heterocycles. The summed E-state index contributed by atoms with van der Waals surface area (Å²) in [5.41, 5.74) is -0.0816. The van der Waals surface area contributed by atoms with Crippen molar-refractivity contribution >= 4 is 11.8 Å². The van der Waals surface area contributed by atoms with Crippen LogP contribution >= 0.6 is 0 Å². The van der Waals surface area contributed by atoms with Crippen LogP contribution < -0.4 is 0 Å². The quantitative estimate of drug-likeness (QED) is 0.587. The fourth-order valence-corrected chi connectivity index (χ4v) is 5.24. The van der Waals surface area contributed by atoms with E-state index in [1.807, 2.05) is 13.8 Å². The van der Waals surface area contributed by atoms with E-state index in [1.165, 1.54) is 6.92 Å². The van der Waals surface area contributed by atoms with Crippen LogP contribution in [0.25, 0.3) is 0 Å². The Balaban J connectivity index is 2.37. The van der Waals surface area contributed by atoms with E-state index in [1.54, 1.807) is 12.2 Å². The average molecular weight is 363 g/mol. The maximum Gasteiger partial charge on any atom is 0.303 e. The first-order chi connectivity index (χ1) is 11.9. The smallest absolute Gasteiger partial charge is 0.303 e. The third-order valence-corrected chi connectivity index (χ3v) is 7.47. The third-order valence-electron chi connectivity index (χ3n) is 7.47. The number of fused-ring (bicyclic) bond motifs is 1. The van der Waals surface area contributed by atoms with Crippen molar-refractivity contribution in [1.82, 2.24) is 0 Å². The van der Waals surface area contributed by atoms with Crippen molar-refractivity contribution in [3.63, 3.8) is 0 Å². The van der Waals surface area contributed by atoms with E-state index in [0.29, 0.717) is 19.3 Å². The standard InChI is InChI=1S/C22H34O4/c1-8-20(5,26-16(4)23)9-10-21(6)15(3)18(25)13-22(7)14(2)11-17(24)12-19(21)22/h8,11,15,18-19,25H,1,9-10,12-13H2,2-7H3. The Hall–Kier alpha value is -1.42. The van der Waals surface area contributed by atoms with Gasteiger partial charge in [0.25, 0.3) is 0 Å². The van der Waals surface area contributed by atoms with Crippen molar-refractivity contribution in [1.29, 1.82) is 0 Å². The van der Waals surface area contributed by atoms with Crippen LogP contribution in [0.2, 0.25) is 0 Å².